The molecule has 0 aliphatic rings. The van der Waals surface area contributed by atoms with Gasteiger partial charge in [0, 0.05) is 37.0 Å². The number of thiophene rings is 1. The van der Waals surface area contributed by atoms with Crippen LogP contribution in [0, 0.1) is 0 Å². The Morgan fingerprint density at radius 1 is 0.242 bits per heavy atom. The SMILES string of the molecule is c1ccc(-c2ccccc2N(c2ccc3c(c2)c2ccccc2c2ccccc2c2ccccc2c2cc4sc5ccccc5c4cc32)c2ccccc2-c2ccccc2)cc1. The van der Waals surface area contributed by atoms with Gasteiger partial charge in [-0.05, 0) is 107 Å². The molecule has 1 heterocycles. The highest BCUT2D eigenvalue weighted by molar-refractivity contribution is 7.25. The molecule has 0 N–H and O–H groups in total. The van der Waals surface area contributed by atoms with Gasteiger partial charge in [0.2, 0.25) is 0 Å². The second kappa shape index (κ2) is 15.0. The van der Waals surface area contributed by atoms with Gasteiger partial charge in [-0.2, -0.15) is 0 Å². The maximum atomic E-state index is 2.48. The van der Waals surface area contributed by atoms with Crippen LogP contribution >= 0.6 is 11.3 Å². The lowest BCUT2D eigenvalue weighted by Gasteiger charge is -2.30. The molecule has 2 heteroatoms. The van der Waals surface area contributed by atoms with E-state index in [1.165, 1.54) is 96.3 Å². The van der Waals surface area contributed by atoms with Crippen molar-refractivity contribution in [1.29, 1.82) is 0 Å². The molecular weight excluding hydrogens is 767 g/mol. The molecule has 0 amide bonds. The average molecular weight is 806 g/mol. The van der Waals surface area contributed by atoms with Crippen LogP contribution in [0.1, 0.15) is 0 Å². The molecule has 0 saturated heterocycles. The Kier molecular flexibility index (Phi) is 8.76. The van der Waals surface area contributed by atoms with Crippen molar-refractivity contribution in [3.8, 4) is 22.3 Å². The Hall–Kier alpha value is -7.78. The Morgan fingerprint density at radius 3 is 1.16 bits per heavy atom. The molecule has 0 fully saturated rings. The van der Waals surface area contributed by atoms with Crippen molar-refractivity contribution in [1.82, 2.24) is 0 Å². The highest BCUT2D eigenvalue weighted by atomic mass is 32.1. The molecule has 0 aliphatic carbocycles. The lowest BCUT2D eigenvalue weighted by Crippen LogP contribution is -2.12. The van der Waals surface area contributed by atoms with Crippen LogP contribution in [0.4, 0.5) is 17.1 Å². The third-order valence-corrected chi connectivity index (χ3v) is 13.6. The third kappa shape index (κ3) is 5.99. The number of hydrogen-bond acceptors (Lipinski definition) is 2. The fraction of sp³-hybridized carbons (Fsp3) is 0. The highest BCUT2D eigenvalue weighted by Crippen LogP contribution is 2.47. The van der Waals surface area contributed by atoms with Crippen LogP contribution in [0.15, 0.2) is 237 Å². The minimum atomic E-state index is 1.08. The lowest BCUT2D eigenvalue weighted by atomic mass is 9.93. The zero-order chi connectivity index (χ0) is 41.0. The number of benzene rings is 10. The highest BCUT2D eigenvalue weighted by Gasteiger charge is 2.21. The number of fused-ring (bicyclic) bond motifs is 13. The summed E-state index contributed by atoms with van der Waals surface area (Å²) in [5.74, 6) is 0. The fourth-order valence-electron chi connectivity index (χ4n) is 9.67. The Labute approximate surface area is 364 Å². The normalized spacial score (nSPS) is 11.5. The van der Waals surface area contributed by atoms with Gasteiger partial charge in [0.25, 0.3) is 0 Å². The lowest BCUT2D eigenvalue weighted by molar-refractivity contribution is 1.29. The van der Waals surface area contributed by atoms with E-state index in [9.17, 15) is 0 Å². The van der Waals surface area contributed by atoms with Crippen LogP contribution in [0.3, 0.4) is 0 Å². The second-order valence-electron chi connectivity index (χ2n) is 16.0. The molecule has 0 aliphatic heterocycles. The summed E-state index contributed by atoms with van der Waals surface area (Å²) < 4.78 is 2.60. The molecule has 0 bridgehead atoms. The molecule has 0 unspecified atom stereocenters. The molecule has 0 radical (unpaired) electrons. The first-order valence-electron chi connectivity index (χ1n) is 21.3. The molecule has 290 valence electrons. The van der Waals surface area contributed by atoms with Crippen LogP contribution in [-0.2, 0) is 0 Å². The van der Waals surface area contributed by atoms with Crippen molar-refractivity contribution in [2.75, 3.05) is 4.90 Å². The summed E-state index contributed by atoms with van der Waals surface area (Å²) in [5, 5.41) is 14.8. The van der Waals surface area contributed by atoms with Gasteiger partial charge < -0.3 is 4.90 Å². The summed E-state index contributed by atoms with van der Waals surface area (Å²) in [6, 6.07) is 87.1. The van der Waals surface area contributed by atoms with E-state index >= 15 is 0 Å². The standard InChI is InChI=1S/C60H39NS/c1-3-19-40(20-4-1)43-23-13-16-32-57(43)61(58-33-17-14-24-44(58)41-21-5-2-6-22-41)42-35-36-51-53(37-42)49-29-11-9-27-47(49)45-25-7-8-26-46(45)48-28-10-12-30-50(48)55-39-60-56(38-54(51)55)52-31-15-18-34-59(52)62-60/h1-39H. The van der Waals surface area contributed by atoms with E-state index in [0.29, 0.717) is 0 Å². The molecule has 0 spiro atoms. The average Bonchev–Trinajstić information content (AvgIpc) is 3.72. The van der Waals surface area contributed by atoms with Gasteiger partial charge in [-0.3, -0.25) is 0 Å². The van der Waals surface area contributed by atoms with Crippen molar-refractivity contribution < 1.29 is 0 Å². The number of anilines is 3. The van der Waals surface area contributed by atoms with E-state index in [1.807, 2.05) is 11.3 Å². The van der Waals surface area contributed by atoms with Crippen molar-refractivity contribution in [3.05, 3.63) is 237 Å². The maximum absolute atomic E-state index is 2.48. The van der Waals surface area contributed by atoms with Gasteiger partial charge in [-0.15, -0.1) is 11.3 Å². The largest absolute Gasteiger partial charge is 0.309 e. The van der Waals surface area contributed by atoms with Crippen LogP contribution in [0.25, 0.3) is 96.3 Å². The first kappa shape index (κ1) is 36.1. The number of nitrogens with zero attached hydrogens (tertiary/aromatic N) is 1. The molecule has 0 atom stereocenters. The van der Waals surface area contributed by atoms with Crippen molar-refractivity contribution in [3.63, 3.8) is 0 Å². The summed E-state index contributed by atoms with van der Waals surface area (Å²) in [7, 11) is 0. The Balaban J connectivity index is 1.28. The smallest absolute Gasteiger partial charge is 0.0540 e. The van der Waals surface area contributed by atoms with Crippen LogP contribution in [0.5, 0.6) is 0 Å². The zero-order valence-electron chi connectivity index (χ0n) is 33.9. The van der Waals surface area contributed by atoms with Crippen LogP contribution in [0.2, 0.25) is 0 Å². The summed E-state index contributed by atoms with van der Waals surface area (Å²) in [4.78, 5) is 2.48. The minimum absolute atomic E-state index is 1.08. The number of para-hydroxylation sites is 2. The molecule has 1 nitrogen and oxygen atoms in total. The van der Waals surface area contributed by atoms with Gasteiger partial charge in [0.05, 0.1) is 11.4 Å². The van der Waals surface area contributed by atoms with E-state index in [-0.39, 0.29) is 0 Å². The second-order valence-corrected chi connectivity index (χ2v) is 17.0. The first-order chi connectivity index (χ1) is 30.8. The van der Waals surface area contributed by atoms with Crippen molar-refractivity contribution >= 4 is 102 Å². The van der Waals surface area contributed by atoms with Crippen LogP contribution < -0.4 is 4.90 Å². The van der Waals surface area contributed by atoms with Crippen LogP contribution in [-0.4, -0.2) is 0 Å². The number of rotatable bonds is 5. The zero-order valence-corrected chi connectivity index (χ0v) is 34.7. The first-order valence-corrected chi connectivity index (χ1v) is 22.1. The summed E-state index contributed by atoms with van der Waals surface area (Å²) >= 11 is 1.88. The van der Waals surface area contributed by atoms with E-state index < -0.39 is 0 Å². The minimum Gasteiger partial charge on any atom is -0.309 e. The van der Waals surface area contributed by atoms with Gasteiger partial charge in [-0.1, -0.05) is 194 Å². The predicted octanol–water partition coefficient (Wildman–Crippen LogP) is 17.7. The Morgan fingerprint density at radius 2 is 0.629 bits per heavy atom. The summed E-state index contributed by atoms with van der Waals surface area (Å²) in [6.45, 7) is 0. The molecular formula is C60H39NS. The Bertz CT molecular complexity index is 3670. The van der Waals surface area contributed by atoms with Gasteiger partial charge in [0.1, 0.15) is 0 Å². The van der Waals surface area contributed by atoms with E-state index in [1.54, 1.807) is 0 Å². The van der Waals surface area contributed by atoms with E-state index in [2.05, 4.69) is 241 Å². The van der Waals surface area contributed by atoms with Crippen molar-refractivity contribution in [2.24, 2.45) is 0 Å². The van der Waals surface area contributed by atoms with E-state index in [4.69, 9.17) is 0 Å². The van der Waals surface area contributed by atoms with Crippen molar-refractivity contribution in [2.45, 2.75) is 0 Å². The van der Waals surface area contributed by atoms with Gasteiger partial charge in [-0.25, -0.2) is 0 Å². The molecule has 62 heavy (non-hydrogen) atoms. The number of hydrogen-bond donors (Lipinski definition) is 0. The molecule has 1 aromatic heterocycles. The van der Waals surface area contributed by atoms with Gasteiger partial charge in [0.15, 0.2) is 0 Å². The van der Waals surface area contributed by atoms with Gasteiger partial charge >= 0.3 is 0 Å². The monoisotopic (exact) mass is 805 g/mol. The molecule has 12 rings (SSSR count). The molecule has 11 aromatic carbocycles. The third-order valence-electron chi connectivity index (χ3n) is 12.5. The quantitative estimate of drug-likeness (QED) is 0.167. The molecule has 12 aromatic rings. The predicted molar refractivity (Wildman–Crippen MR) is 270 cm³/mol. The fourth-order valence-corrected chi connectivity index (χ4v) is 10.8. The maximum Gasteiger partial charge on any atom is 0.0540 e. The van der Waals surface area contributed by atoms with E-state index in [0.717, 1.165) is 17.1 Å². The summed E-state index contributed by atoms with van der Waals surface area (Å²) in [6.07, 6.45) is 0. The molecule has 0 saturated carbocycles. The topological polar surface area (TPSA) is 3.24 Å². The summed E-state index contributed by atoms with van der Waals surface area (Å²) in [5.41, 5.74) is 7.98.